The Morgan fingerprint density at radius 3 is 2.36 bits per heavy atom. The van der Waals surface area contributed by atoms with Gasteiger partial charge in [0, 0.05) is 5.56 Å². The van der Waals surface area contributed by atoms with E-state index in [9.17, 15) is 9.59 Å². The molecule has 1 atom stereocenters. The van der Waals surface area contributed by atoms with E-state index in [-0.39, 0.29) is 16.9 Å². The lowest BCUT2D eigenvalue weighted by molar-refractivity contribution is 0.0695. The van der Waals surface area contributed by atoms with Gasteiger partial charge in [0.15, 0.2) is 7.85 Å². The molecular formula is C8H6BO4P. The van der Waals surface area contributed by atoms with Crippen LogP contribution in [0.1, 0.15) is 20.7 Å². The fourth-order valence-corrected chi connectivity index (χ4v) is 1.28. The highest BCUT2D eigenvalue weighted by molar-refractivity contribution is 7.10. The van der Waals surface area contributed by atoms with E-state index in [2.05, 4.69) is 0 Å². The maximum atomic E-state index is 10.9. The summed E-state index contributed by atoms with van der Waals surface area (Å²) in [6, 6.07) is 4.15. The number of carbonyl (C=O) groups excluding carboxylic acids is 1. The van der Waals surface area contributed by atoms with Crippen molar-refractivity contribution in [1.82, 2.24) is 0 Å². The standard InChI is InChI=1S/C8H6BO4P/c9-7(10)4-2-1-3-5(8(11)12)6(4)13-14/h1-3H,14H2,(H,11,12). The Bertz CT molecular complexity index is 359. The summed E-state index contributed by atoms with van der Waals surface area (Å²) in [5.41, 5.74) is -0.790. The number of hydrogen-bond donors (Lipinski definition) is 1. The summed E-state index contributed by atoms with van der Waals surface area (Å²) in [7, 11) is 6.92. The lowest BCUT2D eigenvalue weighted by atomic mass is 9.92. The van der Waals surface area contributed by atoms with Gasteiger partial charge in [-0.3, -0.25) is 0 Å². The van der Waals surface area contributed by atoms with Crippen molar-refractivity contribution in [2.75, 3.05) is 0 Å². The molecular weight excluding hydrogens is 202 g/mol. The van der Waals surface area contributed by atoms with Gasteiger partial charge in [0.05, 0.1) is 9.47 Å². The molecule has 0 aromatic heterocycles. The fourth-order valence-electron chi connectivity index (χ4n) is 1.03. The SMILES string of the molecule is [B]C(=O)c1cccc(C(=O)O)c1OP. The molecule has 0 saturated heterocycles. The van der Waals surface area contributed by atoms with Crippen molar-refractivity contribution >= 4 is 29.0 Å². The van der Waals surface area contributed by atoms with Gasteiger partial charge in [0.2, 0.25) is 0 Å². The van der Waals surface area contributed by atoms with E-state index in [0.29, 0.717) is 0 Å². The highest BCUT2D eigenvalue weighted by atomic mass is 31.0. The number of benzene rings is 1. The molecule has 0 fully saturated rings. The lowest BCUT2D eigenvalue weighted by Gasteiger charge is -2.08. The van der Waals surface area contributed by atoms with Crippen LogP contribution in [0.25, 0.3) is 0 Å². The van der Waals surface area contributed by atoms with Gasteiger partial charge in [-0.1, -0.05) is 6.07 Å². The summed E-state index contributed by atoms with van der Waals surface area (Å²) in [4.78, 5) is 21.6. The van der Waals surface area contributed by atoms with Crippen LogP contribution in [-0.4, -0.2) is 24.6 Å². The Kier molecular flexibility index (Phi) is 3.25. The first-order valence-corrected chi connectivity index (χ1v) is 4.08. The van der Waals surface area contributed by atoms with Crippen molar-refractivity contribution in [3.8, 4) is 5.75 Å². The van der Waals surface area contributed by atoms with Gasteiger partial charge in [0.25, 0.3) is 0 Å². The van der Waals surface area contributed by atoms with E-state index in [1.165, 1.54) is 18.2 Å². The Hall–Kier alpha value is -1.35. The molecule has 0 bridgehead atoms. The minimum absolute atomic E-state index is 0.0416. The van der Waals surface area contributed by atoms with Gasteiger partial charge >= 0.3 is 5.97 Å². The molecule has 1 aromatic carbocycles. The zero-order chi connectivity index (χ0) is 10.7. The summed E-state index contributed by atoms with van der Waals surface area (Å²) in [6.45, 7) is 0. The molecule has 1 aromatic rings. The van der Waals surface area contributed by atoms with Gasteiger partial charge in [0.1, 0.15) is 17.0 Å². The molecule has 14 heavy (non-hydrogen) atoms. The quantitative estimate of drug-likeness (QED) is 0.590. The minimum atomic E-state index is -1.18. The monoisotopic (exact) mass is 208 g/mol. The molecule has 1 unspecified atom stereocenters. The van der Waals surface area contributed by atoms with Crippen LogP contribution in [0.15, 0.2) is 18.2 Å². The van der Waals surface area contributed by atoms with Crippen LogP contribution in [-0.2, 0) is 0 Å². The Morgan fingerprint density at radius 1 is 1.36 bits per heavy atom. The van der Waals surface area contributed by atoms with Crippen molar-refractivity contribution in [1.29, 1.82) is 0 Å². The smallest absolute Gasteiger partial charge is 0.339 e. The van der Waals surface area contributed by atoms with Crippen LogP contribution in [0, 0.1) is 0 Å². The van der Waals surface area contributed by atoms with E-state index < -0.39 is 11.7 Å². The molecule has 0 saturated carbocycles. The predicted octanol–water partition coefficient (Wildman–Crippen LogP) is 0.862. The van der Waals surface area contributed by atoms with E-state index >= 15 is 0 Å². The van der Waals surface area contributed by atoms with Crippen molar-refractivity contribution in [3.63, 3.8) is 0 Å². The topological polar surface area (TPSA) is 63.6 Å². The van der Waals surface area contributed by atoms with Crippen LogP contribution < -0.4 is 4.52 Å². The number of hydrogen-bond acceptors (Lipinski definition) is 3. The third-order valence-electron chi connectivity index (χ3n) is 1.63. The molecule has 1 rings (SSSR count). The highest BCUT2D eigenvalue weighted by Gasteiger charge is 2.16. The predicted molar refractivity (Wildman–Crippen MR) is 53.8 cm³/mol. The highest BCUT2D eigenvalue weighted by Crippen LogP contribution is 2.25. The third-order valence-corrected chi connectivity index (χ3v) is 1.86. The van der Waals surface area contributed by atoms with Gasteiger partial charge in [-0.15, -0.1) is 0 Å². The second-order valence-electron chi connectivity index (χ2n) is 2.47. The minimum Gasteiger partial charge on any atom is -0.479 e. The van der Waals surface area contributed by atoms with Gasteiger partial charge in [-0.2, -0.15) is 0 Å². The molecule has 0 aliphatic carbocycles. The molecule has 0 amide bonds. The lowest BCUT2D eigenvalue weighted by Crippen LogP contribution is -2.05. The summed E-state index contributed by atoms with van der Waals surface area (Å²) in [6.07, 6.45) is 0. The summed E-state index contributed by atoms with van der Waals surface area (Å²) in [5, 5.41) is 8.76. The molecule has 2 radical (unpaired) electrons. The molecule has 0 heterocycles. The second-order valence-corrected chi connectivity index (χ2v) is 2.71. The first kappa shape index (κ1) is 10.7. The van der Waals surface area contributed by atoms with Gasteiger partial charge in [-0.25, -0.2) is 4.79 Å². The second kappa shape index (κ2) is 4.25. The Morgan fingerprint density at radius 2 is 1.93 bits per heavy atom. The van der Waals surface area contributed by atoms with Crippen LogP contribution in [0.3, 0.4) is 0 Å². The number of rotatable bonds is 3. The summed E-state index contributed by atoms with van der Waals surface area (Å²) >= 11 is 0. The third kappa shape index (κ3) is 1.94. The molecule has 0 aliphatic rings. The number of aromatic carboxylic acids is 1. The van der Waals surface area contributed by atoms with Crippen molar-refractivity contribution in [2.24, 2.45) is 0 Å². The largest absolute Gasteiger partial charge is 0.479 e. The number of carboxylic acid groups (broad SMARTS) is 1. The molecule has 4 nitrogen and oxygen atoms in total. The van der Waals surface area contributed by atoms with Crippen LogP contribution in [0.2, 0.25) is 0 Å². The van der Waals surface area contributed by atoms with Crippen molar-refractivity contribution in [3.05, 3.63) is 29.3 Å². The van der Waals surface area contributed by atoms with E-state index in [1.54, 1.807) is 0 Å². The number of carbonyl (C=O) groups is 2. The van der Waals surface area contributed by atoms with Gasteiger partial charge in [-0.05, 0) is 12.1 Å². The fraction of sp³-hybridized carbons (Fsp3) is 0. The van der Waals surface area contributed by atoms with Crippen molar-refractivity contribution in [2.45, 2.75) is 0 Å². The average Bonchev–Trinajstić information content (AvgIpc) is 2.16. The Balaban J connectivity index is 3.39. The average molecular weight is 208 g/mol. The van der Waals surface area contributed by atoms with E-state index in [4.69, 9.17) is 17.5 Å². The zero-order valence-electron chi connectivity index (χ0n) is 7.06. The molecule has 0 aliphatic heterocycles. The first-order valence-electron chi connectivity index (χ1n) is 3.60. The van der Waals surface area contributed by atoms with E-state index in [0.717, 1.165) is 0 Å². The number of carboxylic acids is 1. The van der Waals surface area contributed by atoms with Crippen LogP contribution in [0.5, 0.6) is 5.75 Å². The molecule has 0 spiro atoms. The van der Waals surface area contributed by atoms with Crippen LogP contribution >= 0.6 is 9.47 Å². The normalized spacial score (nSPS) is 9.50. The van der Waals surface area contributed by atoms with E-state index in [1.807, 2.05) is 9.47 Å². The zero-order valence-corrected chi connectivity index (χ0v) is 8.21. The molecule has 6 heteroatoms. The maximum Gasteiger partial charge on any atom is 0.339 e. The molecule has 70 valence electrons. The molecule has 1 N–H and O–H groups in total. The van der Waals surface area contributed by atoms with Crippen molar-refractivity contribution < 1.29 is 19.2 Å². The summed E-state index contributed by atoms with van der Waals surface area (Å²) < 4.78 is 4.73. The van der Waals surface area contributed by atoms with Gasteiger partial charge < -0.3 is 14.4 Å². The Labute approximate surface area is 84.0 Å². The summed E-state index contributed by atoms with van der Waals surface area (Å²) in [5.74, 6) is -1.22. The van der Waals surface area contributed by atoms with Crippen LogP contribution in [0.4, 0.5) is 0 Å². The first-order chi connectivity index (χ1) is 6.57. The number of para-hydroxylation sites is 1. The maximum absolute atomic E-state index is 10.9.